The number of aryl methyl sites for hydroxylation is 1. The summed E-state index contributed by atoms with van der Waals surface area (Å²) in [6.07, 6.45) is 5.06. The molecule has 2 rings (SSSR count). The maximum atomic E-state index is 4.65. The van der Waals surface area contributed by atoms with Crippen LogP contribution in [0.3, 0.4) is 0 Å². The fourth-order valence-electron chi connectivity index (χ4n) is 2.25. The van der Waals surface area contributed by atoms with E-state index in [1.165, 1.54) is 36.8 Å². The fraction of sp³-hybridized carbons (Fsp3) is 0.316. The molecular weight excluding hydrogens is 242 g/mol. The van der Waals surface area contributed by atoms with Gasteiger partial charge >= 0.3 is 0 Å². The van der Waals surface area contributed by atoms with Crippen LogP contribution in [-0.4, -0.2) is 5.71 Å². The smallest absolute Gasteiger partial charge is 0.0633 e. The predicted octanol–water partition coefficient (Wildman–Crippen LogP) is 5.56. The Hall–Kier alpha value is -1.89. The maximum absolute atomic E-state index is 4.65. The summed E-state index contributed by atoms with van der Waals surface area (Å²) in [6, 6.07) is 18.9. The Morgan fingerprint density at radius 3 is 2.25 bits per heavy atom. The van der Waals surface area contributed by atoms with Crippen LogP contribution in [-0.2, 0) is 6.42 Å². The third-order valence-electron chi connectivity index (χ3n) is 3.49. The molecule has 0 aliphatic rings. The number of benzene rings is 2. The van der Waals surface area contributed by atoms with Gasteiger partial charge in [-0.15, -0.1) is 0 Å². The van der Waals surface area contributed by atoms with E-state index in [1.807, 2.05) is 30.3 Å². The summed E-state index contributed by atoms with van der Waals surface area (Å²) in [6.45, 7) is 4.31. The van der Waals surface area contributed by atoms with Gasteiger partial charge in [0.1, 0.15) is 0 Å². The van der Waals surface area contributed by atoms with Crippen molar-refractivity contribution in [3.05, 3.63) is 65.7 Å². The number of nitrogens with zero attached hydrogens (tertiary/aromatic N) is 1. The lowest BCUT2D eigenvalue weighted by Gasteiger charge is -2.04. The molecule has 0 fully saturated rings. The molecule has 2 aromatic carbocycles. The van der Waals surface area contributed by atoms with Crippen molar-refractivity contribution in [3.8, 4) is 0 Å². The van der Waals surface area contributed by atoms with E-state index in [4.69, 9.17) is 0 Å². The Bertz CT molecular complexity index is 538. The molecule has 2 aromatic rings. The van der Waals surface area contributed by atoms with Gasteiger partial charge in [0.25, 0.3) is 0 Å². The molecule has 0 aliphatic heterocycles. The van der Waals surface area contributed by atoms with E-state index < -0.39 is 0 Å². The van der Waals surface area contributed by atoms with Crippen molar-refractivity contribution in [1.82, 2.24) is 0 Å². The van der Waals surface area contributed by atoms with Gasteiger partial charge in [0.05, 0.1) is 5.69 Å². The summed E-state index contributed by atoms with van der Waals surface area (Å²) >= 11 is 0. The molecule has 0 spiro atoms. The molecule has 0 N–H and O–H groups in total. The maximum Gasteiger partial charge on any atom is 0.0633 e. The van der Waals surface area contributed by atoms with Crippen molar-refractivity contribution < 1.29 is 0 Å². The van der Waals surface area contributed by atoms with Crippen LogP contribution in [0.1, 0.15) is 44.2 Å². The summed E-state index contributed by atoms with van der Waals surface area (Å²) in [5, 5.41) is 0. The highest BCUT2D eigenvalue weighted by molar-refractivity contribution is 6.00. The van der Waals surface area contributed by atoms with Gasteiger partial charge in [-0.1, -0.05) is 62.2 Å². The quantitative estimate of drug-likeness (QED) is 0.479. The Morgan fingerprint density at radius 1 is 0.900 bits per heavy atom. The van der Waals surface area contributed by atoms with Gasteiger partial charge in [-0.3, -0.25) is 4.99 Å². The number of rotatable bonds is 6. The molecule has 0 radical (unpaired) electrons. The van der Waals surface area contributed by atoms with Gasteiger partial charge < -0.3 is 0 Å². The van der Waals surface area contributed by atoms with Crippen molar-refractivity contribution in [2.45, 2.75) is 39.5 Å². The standard InChI is InChI=1S/C19H23N/c1-3-4-6-9-17-12-14-18(15-13-17)16(2)20-19-10-7-5-8-11-19/h5,7-8,10-15H,3-4,6,9H2,1-2H3. The van der Waals surface area contributed by atoms with Gasteiger partial charge in [0.2, 0.25) is 0 Å². The first-order valence-electron chi connectivity index (χ1n) is 7.49. The molecule has 1 nitrogen and oxygen atoms in total. The molecule has 0 saturated heterocycles. The highest BCUT2D eigenvalue weighted by Gasteiger charge is 1.99. The fourth-order valence-corrected chi connectivity index (χ4v) is 2.25. The molecule has 0 bridgehead atoms. The lowest BCUT2D eigenvalue weighted by atomic mass is 10.0. The van der Waals surface area contributed by atoms with E-state index in [0.29, 0.717) is 0 Å². The molecule has 104 valence electrons. The van der Waals surface area contributed by atoms with Gasteiger partial charge in [-0.25, -0.2) is 0 Å². The van der Waals surface area contributed by atoms with Gasteiger partial charge in [0.15, 0.2) is 0 Å². The van der Waals surface area contributed by atoms with Crippen LogP contribution < -0.4 is 0 Å². The minimum Gasteiger partial charge on any atom is -0.253 e. The molecule has 20 heavy (non-hydrogen) atoms. The van der Waals surface area contributed by atoms with Crippen LogP contribution in [0.5, 0.6) is 0 Å². The second kappa shape index (κ2) is 7.64. The van der Waals surface area contributed by atoms with Crippen LogP contribution in [0.25, 0.3) is 0 Å². The normalized spacial score (nSPS) is 11.6. The monoisotopic (exact) mass is 265 g/mol. The lowest BCUT2D eigenvalue weighted by Crippen LogP contribution is -1.95. The molecule has 0 aromatic heterocycles. The molecule has 0 atom stereocenters. The second-order valence-corrected chi connectivity index (χ2v) is 5.19. The number of unbranched alkanes of at least 4 members (excludes halogenated alkanes) is 2. The van der Waals surface area contributed by atoms with Gasteiger partial charge in [0, 0.05) is 5.71 Å². The van der Waals surface area contributed by atoms with Crippen molar-refractivity contribution >= 4 is 11.4 Å². The zero-order chi connectivity index (χ0) is 14.2. The van der Waals surface area contributed by atoms with E-state index in [2.05, 4.69) is 43.1 Å². The van der Waals surface area contributed by atoms with Crippen LogP contribution >= 0.6 is 0 Å². The summed E-state index contributed by atoms with van der Waals surface area (Å²) in [5.74, 6) is 0. The van der Waals surface area contributed by atoms with E-state index in [-0.39, 0.29) is 0 Å². The summed E-state index contributed by atoms with van der Waals surface area (Å²) in [4.78, 5) is 4.65. The average Bonchev–Trinajstić information content (AvgIpc) is 2.49. The number of para-hydroxylation sites is 1. The largest absolute Gasteiger partial charge is 0.253 e. The van der Waals surface area contributed by atoms with E-state index >= 15 is 0 Å². The minimum atomic E-state index is 1.01. The Kier molecular flexibility index (Phi) is 5.55. The second-order valence-electron chi connectivity index (χ2n) is 5.19. The van der Waals surface area contributed by atoms with Crippen LogP contribution in [0.2, 0.25) is 0 Å². The van der Waals surface area contributed by atoms with Crippen LogP contribution in [0.15, 0.2) is 59.6 Å². The van der Waals surface area contributed by atoms with Gasteiger partial charge in [-0.2, -0.15) is 0 Å². The van der Waals surface area contributed by atoms with Crippen molar-refractivity contribution in [2.24, 2.45) is 4.99 Å². The van der Waals surface area contributed by atoms with Gasteiger partial charge in [-0.05, 0) is 43.0 Å². The highest BCUT2D eigenvalue weighted by Crippen LogP contribution is 2.14. The van der Waals surface area contributed by atoms with Crippen LogP contribution in [0, 0.1) is 0 Å². The first-order chi connectivity index (χ1) is 9.79. The van der Waals surface area contributed by atoms with E-state index in [0.717, 1.165) is 11.4 Å². The summed E-state index contributed by atoms with van der Waals surface area (Å²) in [7, 11) is 0. The Morgan fingerprint density at radius 2 is 1.60 bits per heavy atom. The molecule has 0 aliphatic carbocycles. The van der Waals surface area contributed by atoms with Crippen molar-refractivity contribution in [3.63, 3.8) is 0 Å². The van der Waals surface area contributed by atoms with Crippen molar-refractivity contribution in [1.29, 1.82) is 0 Å². The molecule has 0 unspecified atom stereocenters. The predicted molar refractivity (Wildman–Crippen MR) is 88.0 cm³/mol. The SMILES string of the molecule is CCCCCc1ccc(C(C)=Nc2ccccc2)cc1. The molecule has 0 saturated carbocycles. The lowest BCUT2D eigenvalue weighted by molar-refractivity contribution is 0.717. The zero-order valence-corrected chi connectivity index (χ0v) is 12.5. The molecule has 0 amide bonds. The molecule has 0 heterocycles. The average molecular weight is 265 g/mol. The minimum absolute atomic E-state index is 1.01. The number of aliphatic imine (C=N–C) groups is 1. The summed E-state index contributed by atoms with van der Waals surface area (Å²) < 4.78 is 0. The summed E-state index contributed by atoms with van der Waals surface area (Å²) in [5.41, 5.74) is 4.70. The first kappa shape index (κ1) is 14.5. The third kappa shape index (κ3) is 4.34. The Labute approximate surface area is 122 Å². The topological polar surface area (TPSA) is 12.4 Å². The third-order valence-corrected chi connectivity index (χ3v) is 3.49. The zero-order valence-electron chi connectivity index (χ0n) is 12.5. The number of hydrogen-bond acceptors (Lipinski definition) is 1. The van der Waals surface area contributed by atoms with Crippen LogP contribution in [0.4, 0.5) is 5.69 Å². The highest BCUT2D eigenvalue weighted by atomic mass is 14.7. The van der Waals surface area contributed by atoms with E-state index in [9.17, 15) is 0 Å². The number of hydrogen-bond donors (Lipinski definition) is 0. The first-order valence-corrected chi connectivity index (χ1v) is 7.49. The Balaban J connectivity index is 2.04. The molecule has 1 heteroatoms. The van der Waals surface area contributed by atoms with E-state index in [1.54, 1.807) is 0 Å². The molecular formula is C19H23N. The van der Waals surface area contributed by atoms with Crippen molar-refractivity contribution in [2.75, 3.05) is 0 Å².